The Morgan fingerprint density at radius 3 is 1.78 bits per heavy atom. The molecule has 15 N–H and O–H groups in total. The van der Waals surface area contributed by atoms with Crippen LogP contribution in [0.4, 0.5) is 0 Å². The largest absolute Gasteiger partial charge is 0.508 e. The first-order valence-electron chi connectivity index (χ1n) is 25.9. The first-order valence-corrected chi connectivity index (χ1v) is 26.7. The summed E-state index contributed by atoms with van der Waals surface area (Å²) in [6.07, 6.45) is -2.42. The van der Waals surface area contributed by atoms with Gasteiger partial charge in [-0.25, -0.2) is 4.79 Å². The average Bonchev–Trinajstić information content (AvgIpc) is 2.09. The van der Waals surface area contributed by atoms with Crippen molar-refractivity contribution >= 4 is 64.6 Å². The van der Waals surface area contributed by atoms with Crippen molar-refractivity contribution in [1.29, 1.82) is 0 Å². The average molecular weight is 1210 g/mol. The Morgan fingerprint density at radius 2 is 1.10 bits per heavy atom. The van der Waals surface area contributed by atoms with Gasteiger partial charge in [-0.2, -0.15) is 0 Å². The molecule has 440 valence electrons. The van der Waals surface area contributed by atoms with Crippen molar-refractivity contribution in [1.82, 2.24) is 31.9 Å². The lowest BCUT2D eigenvalue weighted by atomic mass is 9.89. The number of halogens is 2. The molecule has 6 aliphatic heterocycles. The number of methoxy groups -OCH3 is 1. The van der Waals surface area contributed by atoms with Crippen LogP contribution in [0.1, 0.15) is 75.3 Å². The molecule has 17 bridgehead atoms. The van der Waals surface area contributed by atoms with Crippen molar-refractivity contribution in [3.63, 3.8) is 0 Å². The van der Waals surface area contributed by atoms with Gasteiger partial charge < -0.3 is 92.3 Å². The molecule has 0 radical (unpaired) electrons. The van der Waals surface area contributed by atoms with Crippen molar-refractivity contribution in [2.24, 2.45) is 5.73 Å². The van der Waals surface area contributed by atoms with E-state index in [1.165, 1.54) is 54.6 Å². The third-order valence-electron chi connectivity index (χ3n) is 14.6. The Bertz CT molecular complexity index is 4050. The molecule has 7 aromatic rings. The number of ether oxygens (including phenoxy) is 4. The predicted octanol–water partition coefficient (Wildman–Crippen LogP) is 5.07. The molecule has 7 unspecified atom stereocenters. The number of esters is 1. The Kier molecular flexibility index (Phi) is 15.1. The normalized spacial score (nSPS) is 21.9. The molecule has 0 fully saturated rings. The quantitative estimate of drug-likeness (QED) is 0.0954. The van der Waals surface area contributed by atoms with Crippen LogP contribution in [0.2, 0.25) is 10.0 Å². The van der Waals surface area contributed by atoms with E-state index in [4.69, 9.17) is 47.9 Å². The van der Waals surface area contributed by atoms with Crippen LogP contribution in [0.3, 0.4) is 0 Å². The Hall–Kier alpha value is -10.5. The van der Waals surface area contributed by atoms with E-state index in [1.807, 2.05) is 0 Å². The van der Waals surface area contributed by atoms with Gasteiger partial charge in [0.1, 0.15) is 82.6 Å². The van der Waals surface area contributed by atoms with Gasteiger partial charge >= 0.3 is 5.97 Å². The maximum absolute atomic E-state index is 15.7. The molecule has 7 aromatic carbocycles. The number of aliphatic hydroxyl groups is 1. The number of carbonyl (C=O) groups is 7. The molecule has 13 rings (SSSR count). The molecule has 0 aromatic heterocycles. The van der Waals surface area contributed by atoms with E-state index < -0.39 is 141 Å². The number of fused-ring (bicyclic) bond motifs is 14. The van der Waals surface area contributed by atoms with Gasteiger partial charge in [0, 0.05) is 35.2 Å². The summed E-state index contributed by atoms with van der Waals surface area (Å²) in [5, 5.41) is 95.0. The van der Waals surface area contributed by atoms with E-state index in [0.717, 1.165) is 67.8 Å². The van der Waals surface area contributed by atoms with Crippen LogP contribution in [0.15, 0.2) is 115 Å². The van der Waals surface area contributed by atoms with Crippen molar-refractivity contribution in [2.75, 3.05) is 7.11 Å². The van der Waals surface area contributed by atoms with Gasteiger partial charge in [-0.1, -0.05) is 47.5 Å². The minimum absolute atomic E-state index is 0.121. The molecule has 8 atom stereocenters. The van der Waals surface area contributed by atoms with E-state index in [9.17, 15) is 54.9 Å². The van der Waals surface area contributed by atoms with Crippen LogP contribution in [0.5, 0.6) is 69.0 Å². The molecule has 6 amide bonds. The number of phenolic OH excluding ortho intramolecular Hbond substituents is 6. The maximum atomic E-state index is 15.7. The predicted molar refractivity (Wildman–Crippen MR) is 299 cm³/mol. The molecule has 25 nitrogen and oxygen atoms in total. The van der Waals surface area contributed by atoms with Crippen LogP contribution in [-0.2, 0) is 44.7 Å². The van der Waals surface area contributed by atoms with Crippen molar-refractivity contribution in [3.05, 3.63) is 164 Å². The van der Waals surface area contributed by atoms with Crippen LogP contribution in [0.25, 0.3) is 11.1 Å². The van der Waals surface area contributed by atoms with Gasteiger partial charge in [0.2, 0.25) is 41.2 Å². The van der Waals surface area contributed by atoms with Gasteiger partial charge in [-0.3, -0.25) is 28.8 Å². The van der Waals surface area contributed by atoms with Gasteiger partial charge in [-0.15, -0.1) is 0 Å². The number of carbonyl (C=O) groups excluding carboxylic acids is 7. The highest BCUT2D eigenvalue weighted by atomic mass is 35.5. The summed E-state index contributed by atoms with van der Waals surface area (Å²) in [5.74, 6) is -13.9. The van der Waals surface area contributed by atoms with Crippen LogP contribution in [0, 0.1) is 0 Å². The van der Waals surface area contributed by atoms with E-state index in [2.05, 4.69) is 31.9 Å². The van der Waals surface area contributed by atoms with Crippen molar-refractivity contribution in [2.45, 2.75) is 54.8 Å². The molecular formula is C59H47Cl2N7O18. The van der Waals surface area contributed by atoms with Gasteiger partial charge in [0.25, 0.3) is 0 Å². The first kappa shape index (κ1) is 57.4. The summed E-state index contributed by atoms with van der Waals surface area (Å²) in [6.45, 7) is 0. The number of nitrogens with one attached hydrogen (secondary N) is 6. The minimum atomic E-state index is -2.15. The second-order valence-electron chi connectivity index (χ2n) is 20.3. The lowest BCUT2D eigenvalue weighted by molar-refractivity contribution is -0.146. The number of aliphatic hydroxyl groups excluding tert-OH is 1. The van der Waals surface area contributed by atoms with E-state index in [-0.39, 0.29) is 78.4 Å². The minimum Gasteiger partial charge on any atom is -0.508 e. The lowest BCUT2D eigenvalue weighted by Gasteiger charge is -2.31. The van der Waals surface area contributed by atoms with Gasteiger partial charge in [0.15, 0.2) is 29.0 Å². The van der Waals surface area contributed by atoms with Crippen LogP contribution in [-0.4, -0.2) is 96.4 Å². The highest BCUT2D eigenvalue weighted by Gasteiger charge is 2.41. The standard InChI is InChI=1S/C59H47Cl2N7O18/c1-83-59(82)49-32-20-29(70)21-38(73)44(32)31-14-24(4-6-36(31)71)46-55(78)68-50(58(81)67-49)51(74)25-5-9-40(34(61)15-25)86-43-18-27-17-42(52(43)75)85-39-8-2-22(10-33(39)60)11-35-53(76)64-47(56(79)66-48(27)57(80)65-46)26-12-28(69)19-30(13-26)84-41-16-23(3-7-37(41)72)45(62)54(77)63-35/h2-10,12-21,35,45-51,69-75H,11,62H2,1H3,(H,63,77)(H,64,76)(H,65,80)(H,66,79)(H,67,81)(H,68,78)/t35?,45?,46?,47?,48?,49-,50?,51?/m1/s1. The van der Waals surface area contributed by atoms with E-state index in [0.29, 0.717) is 5.56 Å². The lowest BCUT2D eigenvalue weighted by Crippen LogP contribution is -2.55. The zero-order valence-electron chi connectivity index (χ0n) is 44.3. The molecule has 0 saturated heterocycles. The Labute approximate surface area is 494 Å². The smallest absolute Gasteiger partial charge is 0.333 e. The molecule has 86 heavy (non-hydrogen) atoms. The Morgan fingerprint density at radius 1 is 0.523 bits per heavy atom. The summed E-state index contributed by atoms with van der Waals surface area (Å²) >= 11 is 13.7. The fraction of sp³-hybridized carbons (Fsp3) is 0.169. The number of nitrogens with two attached hydrogens (primary N) is 1. The molecule has 6 aliphatic rings. The van der Waals surface area contributed by atoms with E-state index >= 15 is 14.4 Å². The summed E-state index contributed by atoms with van der Waals surface area (Å²) in [6, 6.07) is 8.94. The van der Waals surface area contributed by atoms with Gasteiger partial charge in [-0.05, 0) is 112 Å². The summed E-state index contributed by atoms with van der Waals surface area (Å²) in [7, 11) is 0.966. The summed E-state index contributed by atoms with van der Waals surface area (Å²) in [5.41, 5.74) is 4.82. The van der Waals surface area contributed by atoms with Gasteiger partial charge in [0.05, 0.1) is 17.2 Å². The molecule has 0 aliphatic carbocycles. The van der Waals surface area contributed by atoms with E-state index in [1.54, 1.807) is 0 Å². The molecule has 6 heterocycles. The molecule has 0 saturated carbocycles. The van der Waals surface area contributed by atoms with Crippen LogP contribution < -0.4 is 51.8 Å². The monoisotopic (exact) mass is 1210 g/mol. The van der Waals surface area contributed by atoms with Crippen LogP contribution >= 0.6 is 23.2 Å². The zero-order valence-corrected chi connectivity index (χ0v) is 45.8. The number of phenols is 6. The van der Waals surface area contributed by atoms with Crippen molar-refractivity contribution in [3.8, 4) is 80.1 Å². The SMILES string of the molecule is COC(=O)[C@@H]1NC(=O)C2NC(=O)C(NC(=O)C3NC(=O)C4NC(=O)C(Cc5ccc(c(Cl)c5)Oc5cc3cc(c5O)Oc3ccc(cc3Cl)C2O)NC(=O)C(N)c2ccc(O)c(c2)Oc2cc(O)cc4c2)c2ccc(O)c(c2)-c2c(O)cc(O)cc21. The summed E-state index contributed by atoms with van der Waals surface area (Å²) in [4.78, 5) is 104. The number of amides is 6. The second-order valence-corrected chi connectivity index (χ2v) is 21.1. The number of benzene rings is 7. The molecular weight excluding hydrogens is 1170 g/mol. The number of rotatable bonds is 1. The first-order chi connectivity index (χ1) is 41.0. The number of aromatic hydroxyl groups is 6. The Balaban J connectivity index is 1.14. The van der Waals surface area contributed by atoms with Crippen molar-refractivity contribution < 1.29 is 88.3 Å². The fourth-order valence-corrected chi connectivity index (χ4v) is 10.8. The molecule has 27 heteroatoms. The molecule has 0 spiro atoms. The topological polar surface area (TPSA) is 396 Å². The zero-order chi connectivity index (χ0) is 61.2. The second kappa shape index (κ2) is 22.6. The number of hydrogen-bond donors (Lipinski definition) is 14. The third-order valence-corrected chi connectivity index (χ3v) is 15.2. The fourth-order valence-electron chi connectivity index (χ4n) is 10.3. The summed E-state index contributed by atoms with van der Waals surface area (Å²) < 4.78 is 23.5. The number of hydrogen-bond acceptors (Lipinski definition) is 19. The highest BCUT2D eigenvalue weighted by molar-refractivity contribution is 6.32. The third kappa shape index (κ3) is 11.0. The maximum Gasteiger partial charge on any atom is 0.333 e. The highest BCUT2D eigenvalue weighted by Crippen LogP contribution is 2.48.